The van der Waals surface area contributed by atoms with Crippen LogP contribution in [0.2, 0.25) is 0 Å². The second-order valence-corrected chi connectivity index (χ2v) is 5.67. The minimum atomic E-state index is 0.113. The normalized spacial score (nSPS) is 16.1. The first-order chi connectivity index (χ1) is 9.70. The van der Waals surface area contributed by atoms with Gasteiger partial charge in [0.25, 0.3) is 0 Å². The molecule has 3 rings (SSSR count). The molecule has 0 aliphatic heterocycles. The predicted octanol–water partition coefficient (Wildman–Crippen LogP) is 2.63. The third-order valence-corrected chi connectivity index (χ3v) is 4.30. The molecule has 0 amide bonds. The average molecular weight is 271 g/mol. The number of benzene rings is 1. The molecular formula is C16H21N3O. The Bertz CT molecular complexity index is 638. The SMILES string of the molecule is CNCC(=O)c1ccc2c(c1)nc(C1CCCC1)n2C. The molecule has 0 saturated heterocycles. The van der Waals surface area contributed by atoms with Gasteiger partial charge in [-0.1, -0.05) is 12.8 Å². The Morgan fingerprint density at radius 1 is 1.40 bits per heavy atom. The molecule has 20 heavy (non-hydrogen) atoms. The number of hydrogen-bond acceptors (Lipinski definition) is 3. The summed E-state index contributed by atoms with van der Waals surface area (Å²) in [6.45, 7) is 0.369. The monoisotopic (exact) mass is 271 g/mol. The number of likely N-dealkylation sites (N-methyl/N-ethyl adjacent to an activating group) is 1. The lowest BCUT2D eigenvalue weighted by Crippen LogP contribution is -2.18. The predicted molar refractivity (Wildman–Crippen MR) is 80.2 cm³/mol. The molecule has 4 heteroatoms. The summed E-state index contributed by atoms with van der Waals surface area (Å²) < 4.78 is 2.19. The summed E-state index contributed by atoms with van der Waals surface area (Å²) >= 11 is 0. The van der Waals surface area contributed by atoms with Gasteiger partial charge in [-0.25, -0.2) is 4.98 Å². The molecule has 1 aromatic carbocycles. The lowest BCUT2D eigenvalue weighted by atomic mass is 10.1. The first kappa shape index (κ1) is 13.3. The Balaban J connectivity index is 2.00. The van der Waals surface area contributed by atoms with Gasteiger partial charge >= 0.3 is 0 Å². The maximum absolute atomic E-state index is 11.9. The van der Waals surface area contributed by atoms with Gasteiger partial charge < -0.3 is 9.88 Å². The lowest BCUT2D eigenvalue weighted by Gasteiger charge is -2.08. The van der Waals surface area contributed by atoms with Crippen LogP contribution in [0.3, 0.4) is 0 Å². The van der Waals surface area contributed by atoms with E-state index in [-0.39, 0.29) is 5.78 Å². The summed E-state index contributed by atoms with van der Waals surface area (Å²) in [6, 6.07) is 5.85. The van der Waals surface area contributed by atoms with Crippen LogP contribution in [0, 0.1) is 0 Å². The maximum Gasteiger partial charge on any atom is 0.176 e. The van der Waals surface area contributed by atoms with Crippen molar-refractivity contribution in [1.82, 2.24) is 14.9 Å². The number of ketones is 1. The molecule has 1 aromatic heterocycles. The molecule has 1 saturated carbocycles. The van der Waals surface area contributed by atoms with Gasteiger partial charge in [0, 0.05) is 18.5 Å². The molecule has 1 aliphatic carbocycles. The van der Waals surface area contributed by atoms with Crippen molar-refractivity contribution in [3.05, 3.63) is 29.6 Å². The quantitative estimate of drug-likeness (QED) is 0.870. The zero-order chi connectivity index (χ0) is 14.1. The zero-order valence-corrected chi connectivity index (χ0v) is 12.1. The third-order valence-electron chi connectivity index (χ3n) is 4.30. The Morgan fingerprint density at radius 3 is 2.85 bits per heavy atom. The molecule has 2 aromatic rings. The van der Waals surface area contributed by atoms with E-state index in [2.05, 4.69) is 16.9 Å². The van der Waals surface area contributed by atoms with Gasteiger partial charge in [0.05, 0.1) is 17.6 Å². The minimum absolute atomic E-state index is 0.113. The number of fused-ring (bicyclic) bond motifs is 1. The van der Waals surface area contributed by atoms with Crippen LogP contribution >= 0.6 is 0 Å². The van der Waals surface area contributed by atoms with E-state index >= 15 is 0 Å². The second-order valence-electron chi connectivity index (χ2n) is 5.67. The number of carbonyl (C=O) groups is 1. The van der Waals surface area contributed by atoms with Gasteiger partial charge in [0.1, 0.15) is 5.82 Å². The van der Waals surface area contributed by atoms with Crippen molar-refractivity contribution in [3.63, 3.8) is 0 Å². The van der Waals surface area contributed by atoms with E-state index < -0.39 is 0 Å². The van der Waals surface area contributed by atoms with Crippen LogP contribution in [0.15, 0.2) is 18.2 Å². The highest BCUT2D eigenvalue weighted by molar-refractivity contribution is 6.00. The average Bonchev–Trinajstić information content (AvgIpc) is 3.07. The fraction of sp³-hybridized carbons (Fsp3) is 0.500. The summed E-state index contributed by atoms with van der Waals surface area (Å²) in [5, 5.41) is 2.90. The highest BCUT2D eigenvalue weighted by Gasteiger charge is 2.22. The van der Waals surface area contributed by atoms with Crippen molar-refractivity contribution in [3.8, 4) is 0 Å². The largest absolute Gasteiger partial charge is 0.331 e. The molecule has 106 valence electrons. The molecule has 1 fully saturated rings. The third kappa shape index (κ3) is 2.24. The molecule has 0 atom stereocenters. The van der Waals surface area contributed by atoms with Crippen molar-refractivity contribution in [2.75, 3.05) is 13.6 Å². The number of imidazole rings is 1. The summed E-state index contributed by atoms with van der Waals surface area (Å²) in [7, 11) is 3.87. The highest BCUT2D eigenvalue weighted by Crippen LogP contribution is 2.34. The van der Waals surface area contributed by atoms with Crippen LogP contribution in [0.4, 0.5) is 0 Å². The van der Waals surface area contributed by atoms with E-state index in [0.717, 1.165) is 16.6 Å². The van der Waals surface area contributed by atoms with Crippen LogP contribution in [0.5, 0.6) is 0 Å². The molecule has 1 N–H and O–H groups in total. The van der Waals surface area contributed by atoms with Gasteiger partial charge in [0.15, 0.2) is 5.78 Å². The second kappa shape index (κ2) is 5.37. The van der Waals surface area contributed by atoms with E-state index in [0.29, 0.717) is 12.5 Å². The number of hydrogen-bond donors (Lipinski definition) is 1. The van der Waals surface area contributed by atoms with Crippen molar-refractivity contribution < 1.29 is 4.79 Å². The first-order valence-corrected chi connectivity index (χ1v) is 7.35. The Hall–Kier alpha value is -1.68. The number of aromatic nitrogens is 2. The van der Waals surface area contributed by atoms with Gasteiger partial charge in [-0.05, 0) is 38.1 Å². The van der Waals surface area contributed by atoms with Crippen LogP contribution in [-0.4, -0.2) is 28.9 Å². The summed E-state index contributed by atoms with van der Waals surface area (Å²) in [5.74, 6) is 1.88. The Kier molecular flexibility index (Phi) is 3.57. The summed E-state index contributed by atoms with van der Waals surface area (Å²) in [4.78, 5) is 16.7. The summed E-state index contributed by atoms with van der Waals surface area (Å²) in [5.41, 5.74) is 2.80. The molecular weight excluding hydrogens is 250 g/mol. The number of rotatable bonds is 4. The number of Topliss-reactive ketones (excluding diaryl/α,β-unsaturated/α-hetero) is 1. The molecule has 4 nitrogen and oxygen atoms in total. The van der Waals surface area contributed by atoms with Crippen molar-refractivity contribution in [1.29, 1.82) is 0 Å². The molecule has 1 heterocycles. The van der Waals surface area contributed by atoms with E-state index in [4.69, 9.17) is 4.98 Å². The van der Waals surface area contributed by atoms with Crippen molar-refractivity contribution in [2.24, 2.45) is 7.05 Å². The van der Waals surface area contributed by atoms with Crippen LogP contribution in [-0.2, 0) is 7.05 Å². The fourth-order valence-electron chi connectivity index (χ4n) is 3.20. The topological polar surface area (TPSA) is 46.9 Å². The molecule has 1 aliphatic rings. The Morgan fingerprint density at radius 2 is 2.15 bits per heavy atom. The van der Waals surface area contributed by atoms with E-state index in [9.17, 15) is 4.79 Å². The van der Waals surface area contributed by atoms with Gasteiger partial charge in [0.2, 0.25) is 0 Å². The molecule has 0 radical (unpaired) electrons. The van der Waals surface area contributed by atoms with Crippen molar-refractivity contribution in [2.45, 2.75) is 31.6 Å². The maximum atomic E-state index is 11.9. The lowest BCUT2D eigenvalue weighted by molar-refractivity contribution is 0.0993. The zero-order valence-electron chi connectivity index (χ0n) is 12.1. The van der Waals surface area contributed by atoms with Crippen molar-refractivity contribution >= 4 is 16.8 Å². The highest BCUT2D eigenvalue weighted by atomic mass is 16.1. The van der Waals surface area contributed by atoms with Crippen LogP contribution in [0.25, 0.3) is 11.0 Å². The van der Waals surface area contributed by atoms with E-state index in [1.54, 1.807) is 7.05 Å². The van der Waals surface area contributed by atoms with Gasteiger partial charge in [-0.15, -0.1) is 0 Å². The number of carbonyl (C=O) groups excluding carboxylic acids is 1. The number of aryl methyl sites for hydroxylation is 1. The molecule has 0 spiro atoms. The first-order valence-electron chi connectivity index (χ1n) is 7.35. The smallest absolute Gasteiger partial charge is 0.176 e. The molecule has 0 bridgehead atoms. The summed E-state index contributed by atoms with van der Waals surface area (Å²) in [6.07, 6.45) is 5.09. The fourth-order valence-corrected chi connectivity index (χ4v) is 3.20. The molecule has 0 unspecified atom stereocenters. The van der Waals surface area contributed by atoms with Gasteiger partial charge in [-0.3, -0.25) is 4.79 Å². The number of nitrogens with one attached hydrogen (secondary N) is 1. The Labute approximate surface area is 119 Å². The van der Waals surface area contributed by atoms with Crippen LogP contribution in [0.1, 0.15) is 47.8 Å². The van der Waals surface area contributed by atoms with E-state index in [1.807, 2.05) is 18.2 Å². The van der Waals surface area contributed by atoms with Crippen LogP contribution < -0.4 is 5.32 Å². The standard InChI is InChI=1S/C16H21N3O/c1-17-10-15(20)12-7-8-14-13(9-12)18-16(19(14)2)11-5-3-4-6-11/h7-9,11,17H,3-6,10H2,1-2H3. The van der Waals surface area contributed by atoms with E-state index in [1.165, 1.54) is 31.5 Å². The number of nitrogens with zero attached hydrogens (tertiary/aromatic N) is 2. The minimum Gasteiger partial charge on any atom is -0.331 e. The van der Waals surface area contributed by atoms with Gasteiger partial charge in [-0.2, -0.15) is 0 Å².